The van der Waals surface area contributed by atoms with Crippen molar-refractivity contribution in [1.82, 2.24) is 0 Å². The molecule has 0 rings (SSSR count). The fraction of sp³-hybridized carbons (Fsp3) is 0. The summed E-state index contributed by atoms with van der Waals surface area (Å²) in [5.74, 6) is 0. The maximum Gasteiger partial charge on any atom is 0 e. The summed E-state index contributed by atoms with van der Waals surface area (Å²) in [4.78, 5) is 0. The third-order valence-electron chi connectivity index (χ3n) is 0. The van der Waals surface area contributed by atoms with Gasteiger partial charge in [-0.25, -0.2) is 0 Å². The van der Waals surface area contributed by atoms with Gasteiger partial charge in [0.2, 0.25) is 0 Å². The van der Waals surface area contributed by atoms with Gasteiger partial charge in [0.25, 0.3) is 0 Å². The summed E-state index contributed by atoms with van der Waals surface area (Å²) < 4.78 is 0. The molecule has 4 heavy (non-hydrogen) atoms. The van der Waals surface area contributed by atoms with E-state index in [1.165, 1.54) is 0 Å². The average Bonchev–Trinajstić information content (AvgIpc) is 0. The monoisotopic (exact) mass is 342 g/mol. The van der Waals surface area contributed by atoms with Crippen LogP contribution in [0, 0.1) is 7.43 Å². The van der Waals surface area contributed by atoms with E-state index in [1.807, 2.05) is 0 Å². The zero-order valence-corrected chi connectivity index (χ0v) is 8.32. The molecule has 0 heterocycles. The molecule has 0 N–H and O–H groups in total. The van der Waals surface area contributed by atoms with Crippen LogP contribution in [0.3, 0.4) is 0 Å². The van der Waals surface area contributed by atoms with Gasteiger partial charge in [0.1, 0.15) is 0 Å². The zero-order valence-electron chi connectivity index (χ0n) is 1.82. The van der Waals surface area contributed by atoms with E-state index >= 15 is 0 Å². The summed E-state index contributed by atoms with van der Waals surface area (Å²) in [7, 11) is 0. The van der Waals surface area contributed by atoms with Crippen molar-refractivity contribution in [3.05, 3.63) is 7.43 Å². The minimum absolute atomic E-state index is 0. The first-order valence-electron chi connectivity index (χ1n) is 0. The average molecular weight is 340 g/mol. The van der Waals surface area contributed by atoms with Gasteiger partial charge in [-0.3, -0.25) is 0 Å². The maximum absolute atomic E-state index is 0. The Kier molecular flexibility index (Phi) is 176. The van der Waals surface area contributed by atoms with Crippen LogP contribution >= 0.6 is 0 Å². The molecule has 3 heteroatoms. The molecule has 4 radical (unpaired) electrons. The molecule has 0 aromatic carbocycles. The van der Waals surface area contributed by atoms with Crippen LogP contribution in [-0.2, 0) is 63.8 Å². The van der Waals surface area contributed by atoms with Gasteiger partial charge in [0, 0.05) is 71.3 Å². The minimum Gasteiger partial charge on any atom is 0 e. The van der Waals surface area contributed by atoms with Crippen LogP contribution in [0.5, 0.6) is 0 Å². The van der Waals surface area contributed by atoms with Gasteiger partial charge in [-0.2, -0.15) is 0 Å². The largest absolute Gasteiger partial charge is 0 e. The van der Waals surface area contributed by atoms with Crippen molar-refractivity contribution in [2.75, 3.05) is 0 Å². The molecular weight excluding hydrogens is 340 g/mol. The number of hydrogen-bond acceptors (Lipinski definition) is 0. The van der Waals surface area contributed by atoms with Crippen LogP contribution < -0.4 is 0 Å². The number of hydrogen-bond donors (Lipinski definition) is 0. The molecule has 0 amide bonds. The Morgan fingerprint density at radius 2 is 1.00 bits per heavy atom. The predicted octanol–water partition coefficient (Wildman–Crippen LogP) is 0.0738. The fourth-order valence-corrected chi connectivity index (χ4v) is 0. The van der Waals surface area contributed by atoms with Crippen molar-refractivity contribution in [3.8, 4) is 0 Å². The maximum atomic E-state index is 0. The molecule has 0 unspecified atom stereocenters. The Balaban J connectivity index is 0. The van der Waals surface area contributed by atoms with Crippen LogP contribution in [0.2, 0.25) is 0 Å². The van der Waals surface area contributed by atoms with E-state index in [9.17, 15) is 0 Å². The van der Waals surface area contributed by atoms with Crippen molar-refractivity contribution in [1.29, 1.82) is 0 Å². The van der Waals surface area contributed by atoms with E-state index in [0.29, 0.717) is 0 Å². The summed E-state index contributed by atoms with van der Waals surface area (Å²) >= 11 is 0. The molecule has 0 aliphatic rings. The van der Waals surface area contributed by atoms with E-state index in [2.05, 4.69) is 0 Å². The Morgan fingerprint density at radius 3 is 1.00 bits per heavy atom. The van der Waals surface area contributed by atoms with Gasteiger partial charge in [-0.05, 0) is 0 Å². The van der Waals surface area contributed by atoms with E-state index in [1.54, 1.807) is 0 Å². The van der Waals surface area contributed by atoms with Crippen LogP contribution in [0.15, 0.2) is 0 Å². The first-order chi connectivity index (χ1) is 0. The first kappa shape index (κ1) is 36.1. The Bertz CT molecular complexity index is 8.00. The van der Waals surface area contributed by atoms with Gasteiger partial charge in [0.05, 0.1) is 0 Å². The summed E-state index contributed by atoms with van der Waals surface area (Å²) in [5.41, 5.74) is 0. The molecule has 0 aliphatic carbocycles. The van der Waals surface area contributed by atoms with Crippen LogP contribution in [0.4, 0.5) is 0 Å². The molecule has 0 nitrogen and oxygen atoms in total. The Morgan fingerprint density at radius 1 is 1.00 bits per heavy atom. The summed E-state index contributed by atoms with van der Waals surface area (Å²) in [6.07, 6.45) is 0. The van der Waals surface area contributed by atoms with Crippen LogP contribution in [0.1, 0.15) is 0 Å². The molecular formula is CMoTiW. The van der Waals surface area contributed by atoms with Gasteiger partial charge in [-0.15, -0.1) is 0 Å². The molecule has 0 fully saturated rings. The molecule has 0 aliphatic heterocycles. The summed E-state index contributed by atoms with van der Waals surface area (Å²) in [5, 5.41) is 0. The second-order valence-corrected chi connectivity index (χ2v) is 0. The Hall–Kier alpha value is 2.09. The molecule has 0 atom stereocenters. The van der Waals surface area contributed by atoms with Crippen molar-refractivity contribution in [2.45, 2.75) is 0 Å². The van der Waals surface area contributed by atoms with Crippen molar-refractivity contribution in [3.63, 3.8) is 0 Å². The second kappa shape index (κ2) is 19.5. The van der Waals surface area contributed by atoms with E-state index in [-0.39, 0.29) is 71.3 Å². The van der Waals surface area contributed by atoms with Gasteiger partial charge < -0.3 is 0 Å². The Labute approximate surface area is 70.5 Å². The summed E-state index contributed by atoms with van der Waals surface area (Å²) in [6, 6.07) is 0. The molecule has 0 spiro atoms. The predicted molar refractivity (Wildman–Crippen MR) is 3.24 cm³/mol. The van der Waals surface area contributed by atoms with E-state index < -0.39 is 0 Å². The molecule has 0 aromatic rings. The van der Waals surface area contributed by atoms with Crippen molar-refractivity contribution in [2.24, 2.45) is 0 Å². The third-order valence-corrected chi connectivity index (χ3v) is 0. The van der Waals surface area contributed by atoms with E-state index in [4.69, 9.17) is 0 Å². The molecule has 0 aromatic heterocycles. The molecule has 0 saturated carbocycles. The van der Waals surface area contributed by atoms with Crippen LogP contribution in [-0.4, -0.2) is 0 Å². The van der Waals surface area contributed by atoms with E-state index in [0.717, 1.165) is 0 Å². The zero-order chi connectivity index (χ0) is 0. The molecule has 0 bridgehead atoms. The molecule has 0 saturated heterocycles. The first-order valence-corrected chi connectivity index (χ1v) is 0. The second-order valence-electron chi connectivity index (χ2n) is 0. The summed E-state index contributed by atoms with van der Waals surface area (Å²) in [6.45, 7) is 0. The van der Waals surface area contributed by atoms with Gasteiger partial charge in [-0.1, -0.05) is 0 Å². The van der Waals surface area contributed by atoms with Gasteiger partial charge in [0.15, 0.2) is 0 Å². The standard InChI is InChI=1S/C.Mo.Ti.W. The van der Waals surface area contributed by atoms with Crippen molar-refractivity contribution >= 4 is 0 Å². The fourth-order valence-electron chi connectivity index (χ4n) is 0. The van der Waals surface area contributed by atoms with Crippen molar-refractivity contribution < 1.29 is 63.8 Å². The van der Waals surface area contributed by atoms with Gasteiger partial charge >= 0.3 is 0 Å². The quantitative estimate of drug-likeness (QED) is 0.548. The smallest absolute Gasteiger partial charge is 0 e. The normalized spacial score (nSPS) is 0. The SMILES string of the molecule is [C].[Mo].[Ti].[W]. The van der Waals surface area contributed by atoms with Crippen LogP contribution in [0.25, 0.3) is 0 Å². The topological polar surface area (TPSA) is 0 Å². The minimum atomic E-state index is 0. The number of rotatable bonds is 0. The molecule has 20 valence electrons. The third kappa shape index (κ3) is 8.94.